The first-order valence-corrected chi connectivity index (χ1v) is 8.23. The van der Waals surface area contributed by atoms with Gasteiger partial charge in [0.2, 0.25) is 12.7 Å². The van der Waals surface area contributed by atoms with Crippen molar-refractivity contribution in [3.05, 3.63) is 29.6 Å². The van der Waals surface area contributed by atoms with Crippen LogP contribution in [0, 0.1) is 0 Å². The lowest BCUT2D eigenvalue weighted by Crippen LogP contribution is -2.32. The third-order valence-electron chi connectivity index (χ3n) is 4.45. The van der Waals surface area contributed by atoms with Gasteiger partial charge in [-0.1, -0.05) is 12.5 Å². The van der Waals surface area contributed by atoms with Gasteiger partial charge in [-0.25, -0.2) is 4.68 Å². The van der Waals surface area contributed by atoms with Crippen molar-refractivity contribution in [1.29, 1.82) is 0 Å². The van der Waals surface area contributed by atoms with Crippen LogP contribution in [0.4, 0.5) is 0 Å². The lowest BCUT2D eigenvalue weighted by Gasteiger charge is -2.13. The van der Waals surface area contributed by atoms with Crippen molar-refractivity contribution in [3.8, 4) is 11.5 Å². The van der Waals surface area contributed by atoms with E-state index in [0.29, 0.717) is 12.4 Å². The first kappa shape index (κ1) is 14.9. The summed E-state index contributed by atoms with van der Waals surface area (Å²) in [6.45, 7) is 1.62. The van der Waals surface area contributed by atoms with Gasteiger partial charge in [-0.3, -0.25) is 4.79 Å². The second-order valence-corrected chi connectivity index (χ2v) is 6.04. The van der Waals surface area contributed by atoms with E-state index in [1.807, 2.05) is 18.2 Å². The Morgan fingerprint density at radius 3 is 3.17 bits per heavy atom. The van der Waals surface area contributed by atoms with Gasteiger partial charge in [0.15, 0.2) is 17.3 Å². The smallest absolute Gasteiger partial charge is 0.231 e. The highest BCUT2D eigenvalue weighted by molar-refractivity contribution is 5.82. The lowest BCUT2D eigenvalue weighted by atomic mass is 10.0. The first-order chi connectivity index (χ1) is 11.8. The molecule has 8 heteroatoms. The number of benzene rings is 1. The summed E-state index contributed by atoms with van der Waals surface area (Å²) in [5, 5.41) is 14.7. The number of nitrogens with zero attached hydrogens (tertiary/aromatic N) is 4. The fourth-order valence-electron chi connectivity index (χ4n) is 3.16. The van der Waals surface area contributed by atoms with E-state index < -0.39 is 0 Å². The number of tetrazole rings is 1. The highest BCUT2D eigenvalue weighted by Gasteiger charge is 2.28. The van der Waals surface area contributed by atoms with Crippen LogP contribution in [0.5, 0.6) is 11.5 Å². The number of rotatable bonds is 4. The molecule has 4 rings (SSSR count). The van der Waals surface area contributed by atoms with Crippen molar-refractivity contribution in [2.45, 2.75) is 38.1 Å². The predicted octanol–water partition coefficient (Wildman–Crippen LogP) is 1.03. The Bertz CT molecular complexity index is 745. The number of amides is 1. The zero-order chi connectivity index (χ0) is 16.4. The Morgan fingerprint density at radius 1 is 1.29 bits per heavy atom. The molecule has 0 saturated heterocycles. The molecule has 0 spiro atoms. The summed E-state index contributed by atoms with van der Waals surface area (Å²) in [6.07, 6.45) is 3.51. The van der Waals surface area contributed by atoms with Crippen molar-refractivity contribution in [2.24, 2.45) is 0 Å². The molecule has 0 unspecified atom stereocenters. The molecule has 126 valence electrons. The maximum atomic E-state index is 12.5. The molecule has 2 aromatic rings. The summed E-state index contributed by atoms with van der Waals surface area (Å²) in [5.74, 6) is 1.94. The second kappa shape index (κ2) is 6.46. The minimum atomic E-state index is -0.265. The van der Waals surface area contributed by atoms with Gasteiger partial charge in [0, 0.05) is 13.1 Å². The van der Waals surface area contributed by atoms with Crippen molar-refractivity contribution >= 4 is 5.91 Å². The van der Waals surface area contributed by atoms with Gasteiger partial charge in [0.1, 0.15) is 0 Å². The van der Waals surface area contributed by atoms with E-state index >= 15 is 0 Å². The zero-order valence-electron chi connectivity index (χ0n) is 13.3. The van der Waals surface area contributed by atoms with Crippen LogP contribution in [0.1, 0.15) is 36.6 Å². The molecule has 1 N–H and O–H groups in total. The molecular weight excluding hydrogens is 310 g/mol. The fourth-order valence-corrected chi connectivity index (χ4v) is 3.16. The van der Waals surface area contributed by atoms with Crippen molar-refractivity contribution < 1.29 is 14.3 Å². The summed E-state index contributed by atoms with van der Waals surface area (Å²) in [4.78, 5) is 12.5. The van der Waals surface area contributed by atoms with E-state index in [9.17, 15) is 4.79 Å². The van der Waals surface area contributed by atoms with Crippen molar-refractivity contribution in [2.75, 3.05) is 13.3 Å². The molecule has 0 fully saturated rings. The van der Waals surface area contributed by atoms with Gasteiger partial charge in [-0.15, -0.1) is 5.10 Å². The molecule has 2 aliphatic rings. The number of aromatic nitrogens is 4. The van der Waals surface area contributed by atoms with Crippen LogP contribution in [-0.4, -0.2) is 39.5 Å². The molecule has 1 atom stereocenters. The molecule has 24 heavy (non-hydrogen) atoms. The molecule has 0 bridgehead atoms. The lowest BCUT2D eigenvalue weighted by molar-refractivity contribution is -0.122. The molecule has 1 amide bonds. The van der Waals surface area contributed by atoms with Crippen LogP contribution in [0.2, 0.25) is 0 Å². The van der Waals surface area contributed by atoms with E-state index in [4.69, 9.17) is 9.47 Å². The van der Waals surface area contributed by atoms with Crippen LogP contribution < -0.4 is 14.8 Å². The zero-order valence-corrected chi connectivity index (χ0v) is 13.3. The normalized spacial score (nSPS) is 18.8. The number of carbonyl (C=O) groups is 1. The van der Waals surface area contributed by atoms with Gasteiger partial charge in [-0.05, 0) is 47.4 Å². The molecule has 2 aliphatic heterocycles. The van der Waals surface area contributed by atoms with Gasteiger partial charge < -0.3 is 14.8 Å². The van der Waals surface area contributed by atoms with Crippen LogP contribution in [0.25, 0.3) is 0 Å². The molecular formula is C16H19N5O3. The Balaban J connectivity index is 1.35. The average Bonchev–Trinajstić information content (AvgIpc) is 3.20. The molecule has 1 aromatic carbocycles. The molecule has 0 radical (unpaired) electrons. The highest BCUT2D eigenvalue weighted by atomic mass is 16.7. The number of carbonyl (C=O) groups excluding carboxylic acids is 1. The van der Waals surface area contributed by atoms with Gasteiger partial charge in [0.25, 0.3) is 0 Å². The summed E-state index contributed by atoms with van der Waals surface area (Å²) in [6, 6.07) is 5.85. The van der Waals surface area contributed by atoms with Crippen LogP contribution in [0.15, 0.2) is 18.2 Å². The summed E-state index contributed by atoms with van der Waals surface area (Å²) < 4.78 is 12.4. The number of ether oxygens (including phenoxy) is 2. The maximum absolute atomic E-state index is 12.5. The van der Waals surface area contributed by atoms with E-state index in [1.54, 1.807) is 4.68 Å². The van der Waals surface area contributed by atoms with Gasteiger partial charge in [-0.2, -0.15) is 0 Å². The topological polar surface area (TPSA) is 91.2 Å². The third kappa shape index (κ3) is 2.91. The van der Waals surface area contributed by atoms with E-state index in [0.717, 1.165) is 49.3 Å². The van der Waals surface area contributed by atoms with E-state index in [-0.39, 0.29) is 18.6 Å². The molecule has 8 nitrogen and oxygen atoms in total. The number of nitrogens with one attached hydrogen (secondary N) is 1. The Labute approximate surface area is 139 Å². The number of fused-ring (bicyclic) bond motifs is 2. The average molecular weight is 329 g/mol. The number of aryl methyl sites for hydroxylation is 1. The largest absolute Gasteiger partial charge is 0.454 e. The minimum Gasteiger partial charge on any atom is -0.454 e. The second-order valence-electron chi connectivity index (χ2n) is 6.04. The number of hydrogen-bond donors (Lipinski definition) is 1. The Kier molecular flexibility index (Phi) is 4.02. The predicted molar refractivity (Wildman–Crippen MR) is 83.7 cm³/mol. The SMILES string of the molecule is O=C(NCCc1ccc2c(c1)OCO2)[C@H]1CCCCn2nnnc21. The summed E-state index contributed by atoms with van der Waals surface area (Å²) in [5.41, 5.74) is 1.10. The van der Waals surface area contributed by atoms with Crippen molar-refractivity contribution in [3.63, 3.8) is 0 Å². The molecule has 1 aromatic heterocycles. The van der Waals surface area contributed by atoms with Crippen LogP contribution in [0.3, 0.4) is 0 Å². The molecule has 3 heterocycles. The molecule has 0 saturated carbocycles. The Morgan fingerprint density at radius 2 is 2.21 bits per heavy atom. The minimum absolute atomic E-state index is 0.00584. The van der Waals surface area contributed by atoms with E-state index in [1.165, 1.54) is 0 Å². The van der Waals surface area contributed by atoms with E-state index in [2.05, 4.69) is 20.8 Å². The highest BCUT2D eigenvalue weighted by Crippen LogP contribution is 2.32. The number of hydrogen-bond acceptors (Lipinski definition) is 6. The van der Waals surface area contributed by atoms with Gasteiger partial charge in [0.05, 0.1) is 5.92 Å². The Hall–Kier alpha value is -2.64. The monoisotopic (exact) mass is 329 g/mol. The summed E-state index contributed by atoms with van der Waals surface area (Å²) >= 11 is 0. The summed E-state index contributed by atoms with van der Waals surface area (Å²) in [7, 11) is 0. The fraction of sp³-hybridized carbons (Fsp3) is 0.500. The quantitative estimate of drug-likeness (QED) is 0.901. The molecule has 0 aliphatic carbocycles. The maximum Gasteiger partial charge on any atom is 0.231 e. The van der Waals surface area contributed by atoms with Crippen molar-refractivity contribution in [1.82, 2.24) is 25.5 Å². The standard InChI is InChI=1S/C16H19N5O3/c22-16(12-3-1-2-8-21-15(12)18-19-20-21)17-7-6-11-4-5-13-14(9-11)24-10-23-13/h4-5,9,12H,1-3,6-8,10H2,(H,17,22)/t12-/m0/s1. The third-order valence-corrected chi connectivity index (χ3v) is 4.45. The van der Waals surface area contributed by atoms with Gasteiger partial charge >= 0.3 is 0 Å². The van der Waals surface area contributed by atoms with Crippen LogP contribution >= 0.6 is 0 Å². The van der Waals surface area contributed by atoms with Crippen LogP contribution in [-0.2, 0) is 17.8 Å². The first-order valence-electron chi connectivity index (χ1n) is 8.23.